The van der Waals surface area contributed by atoms with Crippen LogP contribution in [0.3, 0.4) is 0 Å². The number of carbonyl (C=O) groups is 1. The molecule has 26 heavy (non-hydrogen) atoms. The van der Waals surface area contributed by atoms with Gasteiger partial charge in [-0.2, -0.15) is 4.98 Å². The zero-order valence-corrected chi connectivity index (χ0v) is 15.1. The van der Waals surface area contributed by atoms with Crippen LogP contribution in [0.25, 0.3) is 22.8 Å². The number of hydrogen-bond donors (Lipinski definition) is 1. The third-order valence-corrected chi connectivity index (χ3v) is 3.86. The van der Waals surface area contributed by atoms with E-state index in [1.165, 1.54) is 0 Å². The Bertz CT molecular complexity index is 914. The second-order valence-electron chi connectivity index (χ2n) is 6.78. The molecule has 0 atom stereocenters. The van der Waals surface area contributed by atoms with Crippen LogP contribution in [-0.4, -0.2) is 26.2 Å². The lowest BCUT2D eigenvalue weighted by molar-refractivity contribution is -0.136. The molecule has 0 aliphatic carbocycles. The van der Waals surface area contributed by atoms with Crippen molar-refractivity contribution in [2.24, 2.45) is 5.92 Å². The minimum Gasteiger partial charge on any atom is -0.481 e. The Hall–Kier alpha value is -3.02. The summed E-state index contributed by atoms with van der Waals surface area (Å²) >= 11 is 0. The summed E-state index contributed by atoms with van der Waals surface area (Å²) in [6, 6.07) is 11.0. The highest BCUT2D eigenvalue weighted by molar-refractivity contribution is 5.70. The van der Waals surface area contributed by atoms with Gasteiger partial charge in [0.05, 0.1) is 6.42 Å². The summed E-state index contributed by atoms with van der Waals surface area (Å²) in [5.74, 6) is 0.580. The monoisotopic (exact) mass is 351 g/mol. The normalized spacial score (nSPS) is 11.1. The first-order chi connectivity index (χ1) is 12.4. The minimum absolute atomic E-state index is 0.00725. The molecule has 3 aromatic rings. The van der Waals surface area contributed by atoms with Crippen LogP contribution in [0, 0.1) is 12.8 Å². The molecule has 2 aromatic heterocycles. The molecule has 0 unspecified atom stereocenters. The van der Waals surface area contributed by atoms with Gasteiger partial charge in [-0.1, -0.05) is 43.3 Å². The van der Waals surface area contributed by atoms with Gasteiger partial charge in [-0.05, 0) is 37.0 Å². The van der Waals surface area contributed by atoms with Gasteiger partial charge in [-0.15, -0.1) is 0 Å². The van der Waals surface area contributed by atoms with Gasteiger partial charge in [0.1, 0.15) is 0 Å². The van der Waals surface area contributed by atoms with E-state index in [9.17, 15) is 4.79 Å². The fourth-order valence-electron chi connectivity index (χ4n) is 2.79. The zero-order chi connectivity index (χ0) is 18.7. The SMILES string of the molecule is Cc1cc(-c2nc(-c3ccc(CC(=O)O)cc3)no2)cc(CC(C)C)n1. The summed E-state index contributed by atoms with van der Waals surface area (Å²) in [6.07, 6.45) is 0.882. The number of carboxylic acids is 1. The molecule has 0 amide bonds. The average molecular weight is 351 g/mol. The summed E-state index contributed by atoms with van der Waals surface area (Å²) in [5, 5.41) is 12.9. The Kier molecular flexibility index (Phi) is 5.11. The first-order valence-corrected chi connectivity index (χ1v) is 8.53. The van der Waals surface area contributed by atoms with Gasteiger partial charge in [-0.25, -0.2) is 0 Å². The van der Waals surface area contributed by atoms with Gasteiger partial charge in [0.2, 0.25) is 5.82 Å². The lowest BCUT2D eigenvalue weighted by Gasteiger charge is -2.06. The maximum Gasteiger partial charge on any atom is 0.307 e. The second-order valence-corrected chi connectivity index (χ2v) is 6.78. The molecular weight excluding hydrogens is 330 g/mol. The fourth-order valence-corrected chi connectivity index (χ4v) is 2.79. The van der Waals surface area contributed by atoms with Crippen molar-refractivity contribution in [2.75, 3.05) is 0 Å². The van der Waals surface area contributed by atoms with Gasteiger partial charge < -0.3 is 9.63 Å². The molecule has 0 fully saturated rings. The average Bonchev–Trinajstić information content (AvgIpc) is 3.04. The van der Waals surface area contributed by atoms with Crippen LogP contribution in [0.2, 0.25) is 0 Å². The van der Waals surface area contributed by atoms with Crippen molar-refractivity contribution >= 4 is 5.97 Å². The molecule has 6 heteroatoms. The fraction of sp³-hybridized carbons (Fsp3) is 0.300. The standard InChI is InChI=1S/C20H21N3O3/c1-12(2)8-17-11-16(9-13(3)21-17)20-22-19(23-26-20)15-6-4-14(5-7-15)10-18(24)25/h4-7,9,11-12H,8,10H2,1-3H3,(H,24,25). The molecule has 0 spiro atoms. The number of hydrogen-bond acceptors (Lipinski definition) is 5. The highest BCUT2D eigenvalue weighted by Crippen LogP contribution is 2.24. The van der Waals surface area contributed by atoms with Crippen molar-refractivity contribution in [1.29, 1.82) is 0 Å². The number of benzene rings is 1. The highest BCUT2D eigenvalue weighted by Gasteiger charge is 2.13. The first-order valence-electron chi connectivity index (χ1n) is 8.53. The molecule has 0 radical (unpaired) electrons. The van der Waals surface area contributed by atoms with E-state index < -0.39 is 5.97 Å². The number of aryl methyl sites for hydroxylation is 1. The van der Waals surface area contributed by atoms with E-state index in [4.69, 9.17) is 9.63 Å². The Morgan fingerprint density at radius 2 is 1.85 bits per heavy atom. The summed E-state index contributed by atoms with van der Waals surface area (Å²) in [6.45, 7) is 6.26. The Labute approximate surface area is 151 Å². The van der Waals surface area contributed by atoms with Crippen LogP contribution in [-0.2, 0) is 17.6 Å². The maximum absolute atomic E-state index is 10.8. The molecule has 0 aliphatic rings. The van der Waals surface area contributed by atoms with Gasteiger partial charge in [-0.3, -0.25) is 9.78 Å². The third kappa shape index (κ3) is 4.33. The van der Waals surface area contributed by atoms with E-state index in [0.29, 0.717) is 17.6 Å². The Balaban J connectivity index is 1.86. The van der Waals surface area contributed by atoms with Gasteiger partial charge in [0.25, 0.3) is 5.89 Å². The number of nitrogens with zero attached hydrogens (tertiary/aromatic N) is 3. The molecule has 134 valence electrons. The van der Waals surface area contributed by atoms with Crippen molar-refractivity contribution in [3.63, 3.8) is 0 Å². The van der Waals surface area contributed by atoms with Crippen molar-refractivity contribution < 1.29 is 14.4 Å². The van der Waals surface area contributed by atoms with Crippen LogP contribution in [0.1, 0.15) is 30.8 Å². The molecule has 0 saturated carbocycles. The van der Waals surface area contributed by atoms with Gasteiger partial charge >= 0.3 is 5.97 Å². The van der Waals surface area contributed by atoms with E-state index in [1.807, 2.05) is 19.1 Å². The van der Waals surface area contributed by atoms with Crippen LogP contribution < -0.4 is 0 Å². The van der Waals surface area contributed by atoms with E-state index in [0.717, 1.165) is 34.5 Å². The van der Waals surface area contributed by atoms with E-state index >= 15 is 0 Å². The van der Waals surface area contributed by atoms with Gasteiger partial charge in [0.15, 0.2) is 0 Å². The number of aromatic nitrogens is 3. The Morgan fingerprint density at radius 1 is 1.12 bits per heavy atom. The van der Waals surface area contributed by atoms with Crippen molar-refractivity contribution in [3.05, 3.63) is 53.3 Å². The van der Waals surface area contributed by atoms with Crippen molar-refractivity contribution in [3.8, 4) is 22.8 Å². The molecular formula is C20H21N3O3. The van der Waals surface area contributed by atoms with E-state index in [-0.39, 0.29) is 6.42 Å². The molecule has 1 aromatic carbocycles. The highest BCUT2D eigenvalue weighted by atomic mass is 16.5. The zero-order valence-electron chi connectivity index (χ0n) is 15.1. The van der Waals surface area contributed by atoms with E-state index in [1.54, 1.807) is 24.3 Å². The van der Waals surface area contributed by atoms with Crippen molar-refractivity contribution in [2.45, 2.75) is 33.6 Å². The molecule has 0 aliphatic heterocycles. The lowest BCUT2D eigenvalue weighted by atomic mass is 10.1. The van der Waals surface area contributed by atoms with Crippen LogP contribution in [0.15, 0.2) is 40.9 Å². The molecule has 0 saturated heterocycles. The van der Waals surface area contributed by atoms with E-state index in [2.05, 4.69) is 29.0 Å². The summed E-state index contributed by atoms with van der Waals surface area (Å²) in [4.78, 5) is 19.8. The molecule has 1 N–H and O–H groups in total. The Morgan fingerprint density at radius 3 is 2.50 bits per heavy atom. The summed E-state index contributed by atoms with van der Waals surface area (Å²) < 4.78 is 5.43. The first kappa shape index (κ1) is 17.8. The number of rotatable bonds is 6. The summed E-state index contributed by atoms with van der Waals surface area (Å²) in [5.41, 5.74) is 4.29. The molecule has 6 nitrogen and oxygen atoms in total. The largest absolute Gasteiger partial charge is 0.481 e. The predicted molar refractivity (Wildman–Crippen MR) is 97.6 cm³/mol. The maximum atomic E-state index is 10.8. The summed E-state index contributed by atoms with van der Waals surface area (Å²) in [7, 11) is 0. The second kappa shape index (κ2) is 7.47. The van der Waals surface area contributed by atoms with Crippen LogP contribution in [0.5, 0.6) is 0 Å². The third-order valence-electron chi connectivity index (χ3n) is 3.86. The number of carboxylic acid groups (broad SMARTS) is 1. The van der Waals surface area contributed by atoms with Crippen LogP contribution >= 0.6 is 0 Å². The predicted octanol–water partition coefficient (Wildman–Crippen LogP) is 3.93. The number of pyridine rings is 1. The number of aliphatic carboxylic acids is 1. The molecule has 2 heterocycles. The van der Waals surface area contributed by atoms with Gasteiger partial charge in [0, 0.05) is 22.5 Å². The topological polar surface area (TPSA) is 89.1 Å². The smallest absolute Gasteiger partial charge is 0.307 e. The van der Waals surface area contributed by atoms with Crippen molar-refractivity contribution in [1.82, 2.24) is 15.1 Å². The molecule has 0 bridgehead atoms. The minimum atomic E-state index is -0.857. The van der Waals surface area contributed by atoms with Crippen LogP contribution in [0.4, 0.5) is 0 Å². The molecule has 3 rings (SSSR count). The quantitative estimate of drug-likeness (QED) is 0.724. The lowest BCUT2D eigenvalue weighted by Crippen LogP contribution is -1.99.